The zero-order valence-corrected chi connectivity index (χ0v) is 13.2. The number of ketones is 1. The molecule has 2 aromatic carbocycles. The highest BCUT2D eigenvalue weighted by Gasteiger charge is 2.12. The summed E-state index contributed by atoms with van der Waals surface area (Å²) in [7, 11) is 1.25. The van der Waals surface area contributed by atoms with Crippen LogP contribution in [0.25, 0.3) is 11.0 Å². The minimum atomic E-state index is -0.639. The highest BCUT2D eigenvalue weighted by Crippen LogP contribution is 2.19. The number of rotatable bonds is 5. The van der Waals surface area contributed by atoms with Crippen LogP contribution in [0.2, 0.25) is 0 Å². The average Bonchev–Trinajstić information content (AvgIpc) is 3.03. The molecule has 25 heavy (non-hydrogen) atoms. The van der Waals surface area contributed by atoms with Crippen LogP contribution in [0.4, 0.5) is 16.4 Å². The number of hydrogen-bond donors (Lipinski definition) is 3. The Morgan fingerprint density at radius 2 is 1.84 bits per heavy atom. The van der Waals surface area contributed by atoms with Gasteiger partial charge in [-0.3, -0.25) is 14.9 Å². The van der Waals surface area contributed by atoms with E-state index in [-0.39, 0.29) is 11.7 Å². The maximum Gasteiger partial charge on any atom is 0.413 e. The summed E-state index contributed by atoms with van der Waals surface area (Å²) >= 11 is 0. The molecule has 0 saturated heterocycles. The number of H-pyrrole nitrogens is 1. The molecule has 0 aliphatic heterocycles. The van der Waals surface area contributed by atoms with Crippen molar-refractivity contribution >= 4 is 41.0 Å². The van der Waals surface area contributed by atoms with Crippen molar-refractivity contribution in [3.8, 4) is 0 Å². The summed E-state index contributed by atoms with van der Waals surface area (Å²) in [5, 5.41) is 4.94. The van der Waals surface area contributed by atoms with E-state index in [0.717, 1.165) is 0 Å². The average molecular weight is 338 g/mol. The number of aromatic nitrogens is 2. The third kappa shape index (κ3) is 3.47. The number of imidazole rings is 1. The molecule has 0 radical (unpaired) electrons. The summed E-state index contributed by atoms with van der Waals surface area (Å²) in [6, 6.07) is 11.6. The van der Waals surface area contributed by atoms with Crippen molar-refractivity contribution in [1.29, 1.82) is 0 Å². The molecule has 1 aromatic heterocycles. The molecule has 3 N–H and O–H groups in total. The molecule has 3 aromatic rings. The van der Waals surface area contributed by atoms with Crippen LogP contribution in [0.1, 0.15) is 15.9 Å². The summed E-state index contributed by atoms with van der Waals surface area (Å²) in [5.74, 6) is 0.0624. The van der Waals surface area contributed by atoms with Gasteiger partial charge in [0.15, 0.2) is 5.78 Å². The molecule has 0 spiro atoms. The van der Waals surface area contributed by atoms with E-state index in [4.69, 9.17) is 0 Å². The van der Waals surface area contributed by atoms with Crippen molar-refractivity contribution in [2.45, 2.75) is 0 Å². The standard InChI is InChI=1S/C17H14N4O4/c1-25-17(24)21-16-19-13-7-4-11(8-14(13)20-16)15(23)10-2-5-12(6-3-10)18-9-22/h2-9H,1H3,(H,18,22)(H2,19,20,21,24). The zero-order valence-electron chi connectivity index (χ0n) is 13.2. The monoisotopic (exact) mass is 338 g/mol. The van der Waals surface area contributed by atoms with Crippen molar-refractivity contribution in [1.82, 2.24) is 9.97 Å². The van der Waals surface area contributed by atoms with Gasteiger partial charge >= 0.3 is 6.09 Å². The van der Waals surface area contributed by atoms with Crippen LogP contribution in [-0.4, -0.2) is 35.4 Å². The van der Waals surface area contributed by atoms with Crippen LogP contribution >= 0.6 is 0 Å². The van der Waals surface area contributed by atoms with Gasteiger partial charge in [0.1, 0.15) is 0 Å². The highest BCUT2D eigenvalue weighted by molar-refractivity contribution is 6.10. The molecule has 0 fully saturated rings. The van der Waals surface area contributed by atoms with Crippen LogP contribution in [0.5, 0.6) is 0 Å². The number of carbonyl (C=O) groups excluding carboxylic acids is 3. The number of amides is 2. The van der Waals surface area contributed by atoms with Gasteiger partial charge in [0.05, 0.1) is 18.1 Å². The lowest BCUT2D eigenvalue weighted by molar-refractivity contribution is -0.105. The van der Waals surface area contributed by atoms with Crippen molar-refractivity contribution in [3.63, 3.8) is 0 Å². The number of aromatic amines is 1. The smallest absolute Gasteiger partial charge is 0.413 e. The Bertz CT molecular complexity index is 947. The molecule has 0 atom stereocenters. The van der Waals surface area contributed by atoms with Gasteiger partial charge in [0.2, 0.25) is 12.4 Å². The van der Waals surface area contributed by atoms with E-state index in [9.17, 15) is 14.4 Å². The van der Waals surface area contributed by atoms with Gasteiger partial charge in [0.25, 0.3) is 0 Å². The van der Waals surface area contributed by atoms with E-state index < -0.39 is 6.09 Å². The fourth-order valence-electron chi connectivity index (χ4n) is 2.31. The normalized spacial score (nSPS) is 10.3. The third-order valence-electron chi connectivity index (χ3n) is 3.52. The van der Waals surface area contributed by atoms with Gasteiger partial charge in [-0.1, -0.05) is 0 Å². The van der Waals surface area contributed by atoms with E-state index in [1.807, 2.05) is 0 Å². The van der Waals surface area contributed by atoms with Crippen molar-refractivity contribution in [2.24, 2.45) is 0 Å². The lowest BCUT2D eigenvalue weighted by atomic mass is 10.0. The minimum Gasteiger partial charge on any atom is -0.453 e. The summed E-state index contributed by atoms with van der Waals surface area (Å²) < 4.78 is 4.51. The molecule has 126 valence electrons. The lowest BCUT2D eigenvalue weighted by Gasteiger charge is -2.03. The van der Waals surface area contributed by atoms with Crippen LogP contribution < -0.4 is 10.6 Å². The second-order valence-corrected chi connectivity index (χ2v) is 5.10. The molecule has 1 heterocycles. The van der Waals surface area contributed by atoms with Crippen molar-refractivity contribution in [2.75, 3.05) is 17.7 Å². The second-order valence-electron chi connectivity index (χ2n) is 5.10. The maximum atomic E-state index is 12.6. The molecule has 0 aliphatic rings. The number of carbonyl (C=O) groups is 3. The van der Waals surface area contributed by atoms with Crippen LogP contribution in [-0.2, 0) is 9.53 Å². The maximum absolute atomic E-state index is 12.6. The molecule has 0 unspecified atom stereocenters. The van der Waals surface area contributed by atoms with Gasteiger partial charge in [-0.25, -0.2) is 9.78 Å². The SMILES string of the molecule is COC(=O)Nc1nc2ccc(C(=O)c3ccc(NC=O)cc3)cc2[nH]1. The Hall–Kier alpha value is -3.68. The number of fused-ring (bicyclic) bond motifs is 1. The zero-order chi connectivity index (χ0) is 17.8. The molecule has 0 saturated carbocycles. The number of nitrogens with zero attached hydrogens (tertiary/aromatic N) is 1. The topological polar surface area (TPSA) is 113 Å². The molecule has 3 rings (SSSR count). The Balaban J connectivity index is 1.86. The number of benzene rings is 2. The third-order valence-corrected chi connectivity index (χ3v) is 3.52. The molecule has 8 nitrogen and oxygen atoms in total. The number of hydrogen-bond acceptors (Lipinski definition) is 5. The first kappa shape index (κ1) is 16.2. The Labute approximate surface area is 142 Å². The van der Waals surface area contributed by atoms with Crippen molar-refractivity contribution < 1.29 is 19.1 Å². The van der Waals surface area contributed by atoms with Gasteiger partial charge < -0.3 is 15.0 Å². The Kier molecular flexibility index (Phi) is 4.42. The predicted octanol–water partition coefficient (Wildman–Crippen LogP) is 2.54. The lowest BCUT2D eigenvalue weighted by Crippen LogP contribution is -2.11. The highest BCUT2D eigenvalue weighted by atomic mass is 16.5. The van der Waals surface area contributed by atoms with Crippen LogP contribution in [0.15, 0.2) is 42.5 Å². The molecule has 2 amide bonds. The molecule has 0 bridgehead atoms. The van der Waals surface area contributed by atoms with Gasteiger partial charge in [-0.05, 0) is 42.5 Å². The number of anilines is 2. The first-order valence-corrected chi connectivity index (χ1v) is 7.30. The van der Waals surface area contributed by atoms with Gasteiger partial charge in [-0.2, -0.15) is 0 Å². The van der Waals surface area contributed by atoms with E-state index in [1.54, 1.807) is 42.5 Å². The molecule has 0 aliphatic carbocycles. The number of nitrogens with one attached hydrogen (secondary N) is 3. The molecular weight excluding hydrogens is 324 g/mol. The Morgan fingerprint density at radius 3 is 2.52 bits per heavy atom. The van der Waals surface area contributed by atoms with E-state index in [1.165, 1.54) is 7.11 Å². The summed E-state index contributed by atoms with van der Waals surface area (Å²) in [5.41, 5.74) is 2.78. The fourth-order valence-corrected chi connectivity index (χ4v) is 2.31. The Morgan fingerprint density at radius 1 is 1.12 bits per heavy atom. The number of ether oxygens (including phenoxy) is 1. The first-order chi connectivity index (χ1) is 12.1. The quantitative estimate of drug-likeness (QED) is 0.489. The first-order valence-electron chi connectivity index (χ1n) is 7.30. The number of methoxy groups -OCH3 is 1. The summed E-state index contributed by atoms with van der Waals surface area (Å²) in [6.07, 6.45) is -0.0671. The van der Waals surface area contributed by atoms with E-state index >= 15 is 0 Å². The molecule has 8 heteroatoms. The summed E-state index contributed by atoms with van der Waals surface area (Å²) in [4.78, 5) is 41.3. The van der Waals surface area contributed by atoms with Gasteiger partial charge in [-0.15, -0.1) is 0 Å². The molecular formula is C17H14N4O4. The van der Waals surface area contributed by atoms with E-state index in [2.05, 4.69) is 25.3 Å². The predicted molar refractivity (Wildman–Crippen MR) is 91.7 cm³/mol. The fraction of sp³-hybridized carbons (Fsp3) is 0.0588. The second kappa shape index (κ2) is 6.83. The van der Waals surface area contributed by atoms with Crippen LogP contribution in [0, 0.1) is 0 Å². The van der Waals surface area contributed by atoms with Crippen molar-refractivity contribution in [3.05, 3.63) is 53.6 Å². The van der Waals surface area contributed by atoms with E-state index in [0.29, 0.717) is 34.3 Å². The van der Waals surface area contributed by atoms with Crippen LogP contribution in [0.3, 0.4) is 0 Å². The van der Waals surface area contributed by atoms with Gasteiger partial charge in [0, 0.05) is 16.8 Å². The summed E-state index contributed by atoms with van der Waals surface area (Å²) in [6.45, 7) is 0. The minimum absolute atomic E-state index is 0.170. The largest absolute Gasteiger partial charge is 0.453 e.